The lowest BCUT2D eigenvalue weighted by atomic mass is 10.2. The van der Waals surface area contributed by atoms with Crippen LogP contribution in [-0.4, -0.2) is 34.1 Å². The highest BCUT2D eigenvalue weighted by atomic mass is 79.9. The van der Waals surface area contributed by atoms with Gasteiger partial charge in [-0.15, -0.1) is 10.2 Å². The smallest absolute Gasteiger partial charge is 0.274 e. The van der Waals surface area contributed by atoms with Crippen LogP contribution < -0.4 is 5.32 Å². The Morgan fingerprint density at radius 2 is 1.95 bits per heavy atom. The lowest BCUT2D eigenvalue weighted by Crippen LogP contribution is -2.28. The Hall–Kier alpha value is -1.95. The Bertz CT molecular complexity index is 681. The van der Waals surface area contributed by atoms with E-state index in [1.807, 2.05) is 30.0 Å². The third-order valence-electron chi connectivity index (χ3n) is 3.73. The second-order valence-corrected chi connectivity index (χ2v) is 6.30. The van der Waals surface area contributed by atoms with Crippen molar-refractivity contribution in [3.8, 4) is 0 Å². The summed E-state index contributed by atoms with van der Waals surface area (Å²) in [5, 5.41) is 11.4. The van der Waals surface area contributed by atoms with Crippen molar-refractivity contribution in [1.29, 1.82) is 0 Å². The normalized spacial score (nSPS) is 14.2. The molecule has 114 valence electrons. The van der Waals surface area contributed by atoms with Crippen LogP contribution in [0, 0.1) is 6.92 Å². The number of rotatable bonds is 3. The average molecular weight is 361 g/mol. The fourth-order valence-corrected chi connectivity index (χ4v) is 2.98. The molecule has 0 saturated carbocycles. The van der Waals surface area contributed by atoms with Crippen LogP contribution in [0.1, 0.15) is 28.9 Å². The Balaban J connectivity index is 1.72. The van der Waals surface area contributed by atoms with E-state index >= 15 is 0 Å². The van der Waals surface area contributed by atoms with Crippen molar-refractivity contribution in [1.82, 2.24) is 15.1 Å². The molecule has 2 aromatic rings. The van der Waals surface area contributed by atoms with Crippen LogP contribution >= 0.6 is 15.9 Å². The Morgan fingerprint density at radius 1 is 1.18 bits per heavy atom. The van der Waals surface area contributed by atoms with Gasteiger partial charge in [0, 0.05) is 23.2 Å². The Morgan fingerprint density at radius 3 is 2.59 bits per heavy atom. The second kappa shape index (κ2) is 6.44. The zero-order valence-corrected chi connectivity index (χ0v) is 13.9. The number of aromatic nitrogens is 2. The van der Waals surface area contributed by atoms with Gasteiger partial charge in [0.05, 0.1) is 0 Å². The molecule has 0 atom stereocenters. The molecule has 0 spiro atoms. The zero-order chi connectivity index (χ0) is 15.5. The predicted octanol–water partition coefficient (Wildman–Crippen LogP) is 3.53. The molecule has 1 amide bonds. The van der Waals surface area contributed by atoms with Gasteiger partial charge in [0.1, 0.15) is 0 Å². The van der Waals surface area contributed by atoms with Crippen molar-refractivity contribution in [2.24, 2.45) is 0 Å². The number of hydrogen-bond acceptors (Lipinski definition) is 4. The van der Waals surface area contributed by atoms with Crippen molar-refractivity contribution < 1.29 is 4.79 Å². The van der Waals surface area contributed by atoms with E-state index in [4.69, 9.17) is 0 Å². The van der Waals surface area contributed by atoms with E-state index in [1.54, 1.807) is 12.1 Å². The zero-order valence-electron chi connectivity index (χ0n) is 12.3. The molecular weight excluding hydrogens is 344 g/mol. The first-order valence-electron chi connectivity index (χ1n) is 7.30. The van der Waals surface area contributed by atoms with Crippen LogP contribution in [0.3, 0.4) is 0 Å². The molecule has 1 N–H and O–H groups in total. The third-order valence-corrected chi connectivity index (χ3v) is 4.22. The van der Waals surface area contributed by atoms with Crippen LogP contribution in [0.25, 0.3) is 0 Å². The van der Waals surface area contributed by atoms with E-state index in [-0.39, 0.29) is 5.91 Å². The molecule has 1 aliphatic heterocycles. The maximum Gasteiger partial charge on any atom is 0.274 e. The van der Waals surface area contributed by atoms with Crippen LogP contribution in [0.4, 0.5) is 11.5 Å². The van der Waals surface area contributed by atoms with Gasteiger partial charge in [0.25, 0.3) is 5.91 Å². The van der Waals surface area contributed by atoms with Crippen LogP contribution in [-0.2, 0) is 0 Å². The number of anilines is 2. The van der Waals surface area contributed by atoms with Crippen molar-refractivity contribution in [2.45, 2.75) is 19.8 Å². The van der Waals surface area contributed by atoms with Gasteiger partial charge in [-0.05, 0) is 55.7 Å². The van der Waals surface area contributed by atoms with Crippen LogP contribution in [0.5, 0.6) is 0 Å². The summed E-state index contributed by atoms with van der Waals surface area (Å²) in [6.07, 6.45) is 2.14. The molecule has 5 nitrogen and oxygen atoms in total. The fraction of sp³-hybridized carbons (Fsp3) is 0.312. The molecule has 1 fully saturated rings. The summed E-state index contributed by atoms with van der Waals surface area (Å²) in [5.74, 6) is 0.597. The SMILES string of the molecule is Cc1cc(Br)ccc1Nc1ccc(C(=O)N2CCCC2)nn1. The highest BCUT2D eigenvalue weighted by Gasteiger charge is 2.20. The van der Waals surface area contributed by atoms with Crippen molar-refractivity contribution in [3.63, 3.8) is 0 Å². The number of hydrogen-bond donors (Lipinski definition) is 1. The van der Waals surface area contributed by atoms with Gasteiger partial charge >= 0.3 is 0 Å². The van der Waals surface area contributed by atoms with E-state index < -0.39 is 0 Å². The molecular formula is C16H17BrN4O. The predicted molar refractivity (Wildman–Crippen MR) is 89.3 cm³/mol. The first-order chi connectivity index (χ1) is 10.6. The molecule has 0 aliphatic carbocycles. The number of aryl methyl sites for hydroxylation is 1. The molecule has 1 aromatic heterocycles. The van der Waals surface area contributed by atoms with E-state index in [1.165, 1.54) is 0 Å². The molecule has 3 rings (SSSR count). The second-order valence-electron chi connectivity index (χ2n) is 5.39. The number of halogens is 1. The van der Waals surface area contributed by atoms with Crippen molar-refractivity contribution in [2.75, 3.05) is 18.4 Å². The summed E-state index contributed by atoms with van der Waals surface area (Å²) in [6, 6.07) is 9.49. The number of amides is 1. The van der Waals surface area contributed by atoms with Crippen molar-refractivity contribution >= 4 is 33.3 Å². The monoisotopic (exact) mass is 360 g/mol. The van der Waals surface area contributed by atoms with Crippen molar-refractivity contribution in [3.05, 3.63) is 46.1 Å². The molecule has 1 aliphatic rings. The molecule has 1 saturated heterocycles. The molecule has 1 aromatic carbocycles. The topological polar surface area (TPSA) is 58.1 Å². The number of nitrogens with one attached hydrogen (secondary N) is 1. The van der Waals surface area contributed by atoms with Gasteiger partial charge in [0.2, 0.25) is 0 Å². The summed E-state index contributed by atoms with van der Waals surface area (Å²) < 4.78 is 1.04. The van der Waals surface area contributed by atoms with Gasteiger partial charge in [0.15, 0.2) is 11.5 Å². The molecule has 22 heavy (non-hydrogen) atoms. The largest absolute Gasteiger partial charge is 0.339 e. The number of carbonyl (C=O) groups excluding carboxylic acids is 1. The fourth-order valence-electron chi connectivity index (χ4n) is 2.50. The minimum atomic E-state index is -0.0311. The number of likely N-dealkylation sites (tertiary alicyclic amines) is 1. The van der Waals surface area contributed by atoms with Crippen LogP contribution in [0.2, 0.25) is 0 Å². The van der Waals surface area contributed by atoms with Gasteiger partial charge in [-0.1, -0.05) is 15.9 Å². The van der Waals surface area contributed by atoms with E-state index in [0.29, 0.717) is 11.5 Å². The first kappa shape index (κ1) is 15.0. The molecule has 0 unspecified atom stereocenters. The summed E-state index contributed by atoms with van der Waals surface area (Å²) in [4.78, 5) is 14.0. The minimum absolute atomic E-state index is 0.0311. The third kappa shape index (κ3) is 3.27. The van der Waals surface area contributed by atoms with E-state index in [0.717, 1.165) is 41.7 Å². The average Bonchev–Trinajstić information content (AvgIpc) is 3.04. The van der Waals surface area contributed by atoms with Gasteiger partial charge < -0.3 is 10.2 Å². The summed E-state index contributed by atoms with van der Waals surface area (Å²) in [7, 11) is 0. The summed E-state index contributed by atoms with van der Waals surface area (Å²) >= 11 is 3.44. The summed E-state index contributed by atoms with van der Waals surface area (Å²) in [6.45, 7) is 3.66. The molecule has 2 heterocycles. The lowest BCUT2D eigenvalue weighted by molar-refractivity contribution is 0.0786. The number of benzene rings is 1. The highest BCUT2D eigenvalue weighted by Crippen LogP contribution is 2.22. The standard InChI is InChI=1S/C16H17BrN4O/c1-11-10-12(17)4-5-13(11)18-15-7-6-14(19-20-15)16(22)21-8-2-3-9-21/h4-7,10H,2-3,8-9H2,1H3,(H,18,20). The Kier molecular flexibility index (Phi) is 4.38. The maximum absolute atomic E-state index is 12.2. The highest BCUT2D eigenvalue weighted by molar-refractivity contribution is 9.10. The quantitative estimate of drug-likeness (QED) is 0.909. The van der Waals surface area contributed by atoms with E-state index in [9.17, 15) is 4.79 Å². The number of nitrogens with zero attached hydrogens (tertiary/aromatic N) is 3. The van der Waals surface area contributed by atoms with Crippen LogP contribution in [0.15, 0.2) is 34.8 Å². The lowest BCUT2D eigenvalue weighted by Gasteiger charge is -2.14. The van der Waals surface area contributed by atoms with Gasteiger partial charge in [-0.3, -0.25) is 4.79 Å². The number of carbonyl (C=O) groups is 1. The molecule has 0 radical (unpaired) electrons. The minimum Gasteiger partial charge on any atom is -0.339 e. The van der Waals surface area contributed by atoms with E-state index in [2.05, 4.69) is 31.4 Å². The molecule has 0 bridgehead atoms. The van der Waals surface area contributed by atoms with Gasteiger partial charge in [-0.25, -0.2) is 0 Å². The van der Waals surface area contributed by atoms with Gasteiger partial charge in [-0.2, -0.15) is 0 Å². The molecule has 6 heteroatoms. The first-order valence-corrected chi connectivity index (χ1v) is 8.09. The maximum atomic E-state index is 12.2. The Labute approximate surface area is 137 Å². The summed E-state index contributed by atoms with van der Waals surface area (Å²) in [5.41, 5.74) is 2.48.